The normalized spacial score (nSPS) is 72.5. The Morgan fingerprint density at radius 2 is 1.92 bits per heavy atom. The fourth-order valence-corrected chi connectivity index (χ4v) is 3.96. The van der Waals surface area contributed by atoms with E-state index in [0.29, 0.717) is 12.2 Å². The first-order valence-corrected chi connectivity index (χ1v) is 5.47. The molecule has 0 amide bonds. The van der Waals surface area contributed by atoms with E-state index in [-0.39, 0.29) is 11.2 Å². The average molecular weight is 180 g/mol. The summed E-state index contributed by atoms with van der Waals surface area (Å²) in [6, 6.07) is 0. The van der Waals surface area contributed by atoms with Gasteiger partial charge in [-0.3, -0.25) is 0 Å². The van der Waals surface area contributed by atoms with Crippen molar-refractivity contribution in [1.29, 1.82) is 0 Å². The van der Waals surface area contributed by atoms with Crippen molar-refractivity contribution in [2.45, 2.75) is 56.5 Å². The van der Waals surface area contributed by atoms with Crippen LogP contribution in [0.4, 0.5) is 0 Å². The number of hydrogen-bond acceptors (Lipinski definition) is 2. The van der Waals surface area contributed by atoms with E-state index < -0.39 is 0 Å². The number of ether oxygens (including phenoxy) is 2. The predicted molar refractivity (Wildman–Crippen MR) is 47.4 cm³/mol. The molecule has 6 atom stereocenters. The van der Waals surface area contributed by atoms with Crippen LogP contribution in [-0.2, 0) is 9.47 Å². The summed E-state index contributed by atoms with van der Waals surface area (Å²) >= 11 is 0. The summed E-state index contributed by atoms with van der Waals surface area (Å²) in [5.41, 5.74) is 0.534. The third-order valence-corrected chi connectivity index (χ3v) is 4.97. The van der Waals surface area contributed by atoms with Crippen LogP contribution in [0.1, 0.15) is 33.1 Å². The minimum Gasteiger partial charge on any atom is -0.366 e. The van der Waals surface area contributed by atoms with Gasteiger partial charge < -0.3 is 9.47 Å². The summed E-state index contributed by atoms with van der Waals surface area (Å²) in [7, 11) is 0. The van der Waals surface area contributed by atoms with Gasteiger partial charge in [0.05, 0.1) is 23.4 Å². The predicted octanol–water partition coefficient (Wildman–Crippen LogP) is 1.73. The van der Waals surface area contributed by atoms with Gasteiger partial charge in [-0.15, -0.1) is 0 Å². The van der Waals surface area contributed by atoms with Gasteiger partial charge in [0.15, 0.2) is 0 Å². The molecule has 2 heterocycles. The summed E-state index contributed by atoms with van der Waals surface area (Å²) < 4.78 is 11.5. The molecule has 4 rings (SSSR count). The van der Waals surface area contributed by atoms with Gasteiger partial charge in [0.2, 0.25) is 0 Å². The molecule has 6 unspecified atom stereocenters. The van der Waals surface area contributed by atoms with Gasteiger partial charge in [0.1, 0.15) is 0 Å². The standard InChI is InChI=1S/C11H16O2/c1-10-5-6-3-9-11(2,13-9)7(6)4-8(10)12-10/h6-9H,3-5H2,1-2H3. The second-order valence-corrected chi connectivity index (χ2v) is 5.75. The SMILES string of the molecule is CC12CC3CC4OC4(C)C3CC1O2. The molecule has 2 nitrogen and oxygen atoms in total. The molecule has 0 radical (unpaired) electrons. The number of rotatable bonds is 0. The maximum absolute atomic E-state index is 5.76. The minimum atomic E-state index is 0.262. The molecule has 2 saturated heterocycles. The molecular weight excluding hydrogens is 164 g/mol. The van der Waals surface area contributed by atoms with E-state index in [1.54, 1.807) is 0 Å². The molecule has 72 valence electrons. The molecule has 0 N–H and O–H groups in total. The quantitative estimate of drug-likeness (QED) is 0.530. The molecule has 4 fully saturated rings. The van der Waals surface area contributed by atoms with Crippen molar-refractivity contribution in [3.8, 4) is 0 Å². The van der Waals surface area contributed by atoms with Crippen molar-refractivity contribution in [1.82, 2.24) is 0 Å². The lowest BCUT2D eigenvalue weighted by Gasteiger charge is -2.30. The Labute approximate surface area is 78.6 Å². The summed E-state index contributed by atoms with van der Waals surface area (Å²) in [4.78, 5) is 0. The molecule has 0 bridgehead atoms. The molecule has 2 aliphatic heterocycles. The van der Waals surface area contributed by atoms with Gasteiger partial charge in [-0.2, -0.15) is 0 Å². The van der Waals surface area contributed by atoms with Crippen molar-refractivity contribution < 1.29 is 9.47 Å². The summed E-state index contributed by atoms with van der Waals surface area (Å²) in [6.45, 7) is 4.58. The van der Waals surface area contributed by atoms with Crippen molar-refractivity contribution in [3.05, 3.63) is 0 Å². The maximum Gasteiger partial charge on any atom is 0.0952 e. The number of epoxide rings is 2. The lowest BCUT2D eigenvalue weighted by molar-refractivity contribution is 0.111. The molecule has 2 aliphatic carbocycles. The van der Waals surface area contributed by atoms with E-state index in [0.717, 1.165) is 11.8 Å². The van der Waals surface area contributed by atoms with Crippen LogP contribution < -0.4 is 0 Å². The van der Waals surface area contributed by atoms with Gasteiger partial charge in [0, 0.05) is 0 Å². The maximum atomic E-state index is 5.76. The fourth-order valence-electron chi connectivity index (χ4n) is 3.96. The Bertz CT molecular complexity index is 290. The van der Waals surface area contributed by atoms with Gasteiger partial charge in [-0.1, -0.05) is 0 Å². The smallest absolute Gasteiger partial charge is 0.0952 e. The number of fused-ring (bicyclic) bond motifs is 4. The zero-order valence-corrected chi connectivity index (χ0v) is 8.25. The van der Waals surface area contributed by atoms with Crippen LogP contribution in [0.15, 0.2) is 0 Å². The monoisotopic (exact) mass is 180 g/mol. The lowest BCUT2D eigenvalue weighted by Crippen LogP contribution is -2.33. The Balaban J connectivity index is 1.67. The van der Waals surface area contributed by atoms with Crippen molar-refractivity contribution in [2.24, 2.45) is 11.8 Å². The van der Waals surface area contributed by atoms with Crippen LogP contribution in [-0.4, -0.2) is 23.4 Å². The van der Waals surface area contributed by atoms with Crippen LogP contribution in [0.2, 0.25) is 0 Å². The third-order valence-electron chi connectivity index (χ3n) is 4.97. The summed E-state index contributed by atoms with van der Waals surface area (Å²) in [5, 5.41) is 0. The highest BCUT2D eigenvalue weighted by atomic mass is 16.6. The first-order valence-electron chi connectivity index (χ1n) is 5.47. The minimum absolute atomic E-state index is 0.262. The fraction of sp³-hybridized carbons (Fsp3) is 1.00. The molecule has 2 heteroatoms. The highest BCUT2D eigenvalue weighted by Gasteiger charge is 2.71. The first kappa shape index (κ1) is 7.24. The Kier molecular flexibility index (Phi) is 0.947. The largest absolute Gasteiger partial charge is 0.366 e. The van der Waals surface area contributed by atoms with Gasteiger partial charge in [0.25, 0.3) is 0 Å². The van der Waals surface area contributed by atoms with Crippen LogP contribution in [0.5, 0.6) is 0 Å². The first-order chi connectivity index (χ1) is 6.12. The van der Waals surface area contributed by atoms with E-state index in [1.165, 1.54) is 19.3 Å². The lowest BCUT2D eigenvalue weighted by atomic mass is 9.73. The summed E-state index contributed by atoms with van der Waals surface area (Å²) in [5.74, 6) is 1.70. The van der Waals surface area contributed by atoms with Crippen molar-refractivity contribution >= 4 is 0 Å². The molecule has 4 aliphatic rings. The van der Waals surface area contributed by atoms with Crippen molar-refractivity contribution in [3.63, 3.8) is 0 Å². The Morgan fingerprint density at radius 1 is 1.08 bits per heavy atom. The molecule has 2 saturated carbocycles. The zero-order chi connectivity index (χ0) is 8.84. The zero-order valence-electron chi connectivity index (χ0n) is 8.25. The second-order valence-electron chi connectivity index (χ2n) is 5.75. The Morgan fingerprint density at radius 3 is 2.77 bits per heavy atom. The molecule has 13 heavy (non-hydrogen) atoms. The van der Waals surface area contributed by atoms with E-state index in [9.17, 15) is 0 Å². The highest BCUT2D eigenvalue weighted by Crippen LogP contribution is 2.65. The topological polar surface area (TPSA) is 25.1 Å². The second kappa shape index (κ2) is 1.70. The molecule has 0 aromatic carbocycles. The van der Waals surface area contributed by atoms with Gasteiger partial charge in [-0.05, 0) is 44.9 Å². The van der Waals surface area contributed by atoms with Crippen LogP contribution >= 0.6 is 0 Å². The van der Waals surface area contributed by atoms with Gasteiger partial charge >= 0.3 is 0 Å². The number of hydrogen-bond donors (Lipinski definition) is 0. The van der Waals surface area contributed by atoms with Crippen LogP contribution in [0.25, 0.3) is 0 Å². The van der Waals surface area contributed by atoms with Gasteiger partial charge in [-0.25, -0.2) is 0 Å². The molecule has 0 spiro atoms. The third kappa shape index (κ3) is 0.701. The molecule has 0 aromatic rings. The van der Waals surface area contributed by atoms with Crippen LogP contribution in [0, 0.1) is 11.8 Å². The average Bonchev–Trinajstić information content (AvgIpc) is 2.85. The van der Waals surface area contributed by atoms with E-state index in [1.807, 2.05) is 0 Å². The Hall–Kier alpha value is -0.0800. The summed E-state index contributed by atoms with van der Waals surface area (Å²) in [6.07, 6.45) is 5.01. The van der Waals surface area contributed by atoms with E-state index in [2.05, 4.69) is 13.8 Å². The van der Waals surface area contributed by atoms with E-state index in [4.69, 9.17) is 9.47 Å². The molecule has 0 aromatic heterocycles. The van der Waals surface area contributed by atoms with Crippen LogP contribution in [0.3, 0.4) is 0 Å². The van der Waals surface area contributed by atoms with Crippen molar-refractivity contribution in [2.75, 3.05) is 0 Å². The highest BCUT2D eigenvalue weighted by molar-refractivity contribution is 5.19. The molecular formula is C11H16O2. The van der Waals surface area contributed by atoms with E-state index >= 15 is 0 Å².